The van der Waals surface area contributed by atoms with Crippen LogP contribution in [0.15, 0.2) is 45.8 Å². The van der Waals surface area contributed by atoms with Crippen LogP contribution in [0.2, 0.25) is 0 Å². The number of benzene rings is 1. The number of hydrogen-bond donors (Lipinski definition) is 2. The molecule has 0 unspecified atom stereocenters. The van der Waals surface area contributed by atoms with Gasteiger partial charge in [-0.05, 0) is 37.3 Å². The average molecular weight is 337 g/mol. The first-order valence-corrected chi connectivity index (χ1v) is 6.99. The van der Waals surface area contributed by atoms with E-state index in [0.29, 0.717) is 17.0 Å². The van der Waals surface area contributed by atoms with Crippen LogP contribution in [0.4, 0.5) is 0 Å². The fraction of sp³-hybridized carbons (Fsp3) is 0.143. The molecular weight excluding hydrogens is 324 g/mol. The van der Waals surface area contributed by atoms with Crippen LogP contribution >= 0.6 is 28.6 Å². The van der Waals surface area contributed by atoms with Crippen LogP contribution < -0.4 is 5.32 Å². The fourth-order valence-electron chi connectivity index (χ4n) is 1.66. The molecule has 1 N–H and O–H groups in total. The predicted molar refractivity (Wildman–Crippen MR) is 81.5 cm³/mol. The van der Waals surface area contributed by atoms with Crippen LogP contribution in [0, 0.1) is 6.92 Å². The number of nitrogens with one attached hydrogen (secondary N) is 1. The molecule has 0 saturated heterocycles. The molecule has 1 amide bonds. The SMILES string of the molecule is Cc1cccc(CNC(=O)c2ccc(Br)cc2S)n1. The van der Waals surface area contributed by atoms with E-state index in [-0.39, 0.29) is 5.91 Å². The van der Waals surface area contributed by atoms with Crippen molar-refractivity contribution in [2.24, 2.45) is 0 Å². The third kappa shape index (κ3) is 3.81. The number of carbonyl (C=O) groups excluding carboxylic acids is 1. The summed E-state index contributed by atoms with van der Waals surface area (Å²) in [6, 6.07) is 11.1. The Morgan fingerprint density at radius 3 is 2.84 bits per heavy atom. The summed E-state index contributed by atoms with van der Waals surface area (Å²) in [6.07, 6.45) is 0. The Labute approximate surface area is 126 Å². The van der Waals surface area contributed by atoms with Gasteiger partial charge in [0.15, 0.2) is 0 Å². The summed E-state index contributed by atoms with van der Waals surface area (Å²) < 4.78 is 0.898. The lowest BCUT2D eigenvalue weighted by Gasteiger charge is -2.07. The highest BCUT2D eigenvalue weighted by Gasteiger charge is 2.09. The van der Waals surface area contributed by atoms with Gasteiger partial charge >= 0.3 is 0 Å². The molecule has 0 atom stereocenters. The molecule has 0 aliphatic rings. The van der Waals surface area contributed by atoms with E-state index in [4.69, 9.17) is 0 Å². The van der Waals surface area contributed by atoms with Crippen LogP contribution in [-0.4, -0.2) is 10.9 Å². The Bertz CT molecular complexity index is 616. The van der Waals surface area contributed by atoms with E-state index in [1.165, 1.54) is 0 Å². The lowest BCUT2D eigenvalue weighted by Crippen LogP contribution is -2.23. The molecule has 5 heteroatoms. The number of amides is 1. The smallest absolute Gasteiger partial charge is 0.252 e. The first kappa shape index (κ1) is 14.1. The molecule has 2 rings (SSSR count). The summed E-state index contributed by atoms with van der Waals surface area (Å²) in [7, 11) is 0. The van der Waals surface area contributed by atoms with Crippen molar-refractivity contribution in [3.63, 3.8) is 0 Å². The van der Waals surface area contributed by atoms with Gasteiger partial charge in [0.1, 0.15) is 0 Å². The first-order valence-electron chi connectivity index (χ1n) is 5.75. The number of aromatic nitrogens is 1. The van der Waals surface area contributed by atoms with E-state index in [0.717, 1.165) is 15.9 Å². The van der Waals surface area contributed by atoms with Crippen molar-refractivity contribution in [1.29, 1.82) is 0 Å². The molecule has 0 aliphatic heterocycles. The molecule has 98 valence electrons. The highest BCUT2D eigenvalue weighted by molar-refractivity contribution is 9.10. The van der Waals surface area contributed by atoms with Crippen LogP contribution in [0.1, 0.15) is 21.7 Å². The quantitative estimate of drug-likeness (QED) is 0.844. The van der Waals surface area contributed by atoms with E-state index in [1.807, 2.05) is 31.2 Å². The van der Waals surface area contributed by atoms with Crippen LogP contribution in [0.3, 0.4) is 0 Å². The number of halogens is 1. The molecule has 0 fully saturated rings. The Morgan fingerprint density at radius 2 is 2.16 bits per heavy atom. The molecule has 0 saturated carbocycles. The van der Waals surface area contributed by atoms with Gasteiger partial charge in [0.05, 0.1) is 17.8 Å². The standard InChI is InChI=1S/C14H13BrN2OS/c1-9-3-2-4-11(17-9)8-16-14(18)12-6-5-10(15)7-13(12)19/h2-7,19H,8H2,1H3,(H,16,18). The van der Waals surface area contributed by atoms with Gasteiger partial charge in [0.2, 0.25) is 0 Å². The van der Waals surface area contributed by atoms with Crippen LogP contribution in [0.5, 0.6) is 0 Å². The summed E-state index contributed by atoms with van der Waals surface area (Å²) in [5.74, 6) is -0.152. The molecule has 2 aromatic rings. The van der Waals surface area contributed by atoms with E-state index in [9.17, 15) is 4.79 Å². The monoisotopic (exact) mass is 336 g/mol. The minimum Gasteiger partial charge on any atom is -0.346 e. The lowest BCUT2D eigenvalue weighted by molar-refractivity contribution is 0.0947. The third-order valence-corrected chi connectivity index (χ3v) is 3.44. The van der Waals surface area contributed by atoms with Gasteiger partial charge in [-0.3, -0.25) is 9.78 Å². The van der Waals surface area contributed by atoms with E-state index >= 15 is 0 Å². The molecule has 0 aliphatic carbocycles. The fourth-order valence-corrected chi connectivity index (χ4v) is 2.51. The maximum atomic E-state index is 12.0. The second-order valence-electron chi connectivity index (χ2n) is 4.11. The predicted octanol–water partition coefficient (Wildman–Crippen LogP) is 3.37. The van der Waals surface area contributed by atoms with Gasteiger partial charge in [-0.1, -0.05) is 22.0 Å². The van der Waals surface area contributed by atoms with Crippen molar-refractivity contribution >= 4 is 34.5 Å². The Kier molecular flexibility index (Phi) is 4.61. The summed E-state index contributed by atoms with van der Waals surface area (Å²) in [5.41, 5.74) is 2.33. The molecule has 3 nitrogen and oxygen atoms in total. The maximum absolute atomic E-state index is 12.0. The zero-order valence-electron chi connectivity index (χ0n) is 10.4. The number of aryl methyl sites for hydroxylation is 1. The van der Waals surface area contributed by atoms with Gasteiger partial charge in [0, 0.05) is 15.1 Å². The highest BCUT2D eigenvalue weighted by atomic mass is 79.9. The molecule has 1 aromatic heterocycles. The average Bonchev–Trinajstić information content (AvgIpc) is 2.36. The number of pyridine rings is 1. The van der Waals surface area contributed by atoms with Gasteiger partial charge < -0.3 is 5.32 Å². The van der Waals surface area contributed by atoms with Crippen molar-refractivity contribution in [1.82, 2.24) is 10.3 Å². The number of nitrogens with zero attached hydrogens (tertiary/aromatic N) is 1. The lowest BCUT2D eigenvalue weighted by atomic mass is 10.2. The zero-order chi connectivity index (χ0) is 13.8. The number of rotatable bonds is 3. The Morgan fingerprint density at radius 1 is 1.37 bits per heavy atom. The molecule has 0 spiro atoms. The zero-order valence-corrected chi connectivity index (χ0v) is 12.8. The molecular formula is C14H13BrN2OS. The number of thiol groups is 1. The van der Waals surface area contributed by atoms with Gasteiger partial charge in [-0.15, -0.1) is 12.6 Å². The molecule has 0 bridgehead atoms. The van der Waals surface area contributed by atoms with Crippen molar-refractivity contribution in [2.75, 3.05) is 0 Å². The number of hydrogen-bond acceptors (Lipinski definition) is 3. The first-order chi connectivity index (χ1) is 9.06. The van der Waals surface area contributed by atoms with Crippen LogP contribution in [0.25, 0.3) is 0 Å². The molecule has 1 heterocycles. The van der Waals surface area contributed by atoms with E-state index < -0.39 is 0 Å². The molecule has 1 aromatic carbocycles. The topological polar surface area (TPSA) is 42.0 Å². The summed E-state index contributed by atoms with van der Waals surface area (Å²) in [5, 5.41) is 2.84. The summed E-state index contributed by atoms with van der Waals surface area (Å²) >= 11 is 7.64. The highest BCUT2D eigenvalue weighted by Crippen LogP contribution is 2.19. The largest absolute Gasteiger partial charge is 0.346 e. The van der Waals surface area contributed by atoms with E-state index in [2.05, 4.69) is 38.9 Å². The Hall–Kier alpha value is -1.33. The Balaban J connectivity index is 2.05. The summed E-state index contributed by atoms with van der Waals surface area (Å²) in [6.45, 7) is 2.33. The van der Waals surface area contributed by atoms with E-state index in [1.54, 1.807) is 12.1 Å². The second-order valence-corrected chi connectivity index (χ2v) is 5.51. The minimum absolute atomic E-state index is 0.152. The van der Waals surface area contributed by atoms with Crippen molar-refractivity contribution in [3.05, 3.63) is 57.8 Å². The molecule has 19 heavy (non-hydrogen) atoms. The van der Waals surface area contributed by atoms with Gasteiger partial charge in [0.25, 0.3) is 5.91 Å². The maximum Gasteiger partial charge on any atom is 0.252 e. The van der Waals surface area contributed by atoms with Crippen molar-refractivity contribution < 1.29 is 4.79 Å². The number of carbonyl (C=O) groups is 1. The van der Waals surface area contributed by atoms with Crippen molar-refractivity contribution in [2.45, 2.75) is 18.4 Å². The summed E-state index contributed by atoms with van der Waals surface area (Å²) in [4.78, 5) is 17.0. The minimum atomic E-state index is -0.152. The van der Waals surface area contributed by atoms with Crippen molar-refractivity contribution in [3.8, 4) is 0 Å². The van der Waals surface area contributed by atoms with Crippen LogP contribution in [-0.2, 0) is 6.54 Å². The molecule has 0 radical (unpaired) electrons. The van der Waals surface area contributed by atoms with Gasteiger partial charge in [-0.2, -0.15) is 0 Å². The van der Waals surface area contributed by atoms with Gasteiger partial charge in [-0.25, -0.2) is 0 Å². The normalized spacial score (nSPS) is 10.3. The second kappa shape index (κ2) is 6.21. The third-order valence-electron chi connectivity index (χ3n) is 2.58.